The molecule has 1 rings (SSSR count). The second-order valence-electron chi connectivity index (χ2n) is 3.37. The van der Waals surface area contributed by atoms with Crippen LogP contribution in [0, 0.1) is 4.64 Å². The van der Waals surface area contributed by atoms with Gasteiger partial charge >= 0.3 is 5.97 Å². The minimum atomic E-state index is -0.590. The summed E-state index contributed by atoms with van der Waals surface area (Å²) < 4.78 is 5.95. The number of carbonyl (C=O) groups excluding carboxylic acids is 2. The van der Waals surface area contributed by atoms with E-state index in [4.69, 9.17) is 23.9 Å². The number of esters is 1. The molecule has 4 N–H and O–H groups in total. The quantitative estimate of drug-likeness (QED) is 0.258. The van der Waals surface area contributed by atoms with E-state index in [1.807, 2.05) is 0 Å². The fourth-order valence-electron chi connectivity index (χ4n) is 1.25. The van der Waals surface area contributed by atoms with E-state index < -0.39 is 11.9 Å². The number of nitrogens with zero attached hydrogens (tertiary/aromatic N) is 2. The molecule has 0 unspecified atom stereocenters. The van der Waals surface area contributed by atoms with E-state index in [1.165, 1.54) is 12.3 Å². The largest absolute Gasteiger partial charge is 0.465 e. The van der Waals surface area contributed by atoms with Crippen molar-refractivity contribution in [2.75, 3.05) is 19.0 Å². The highest BCUT2D eigenvalue weighted by atomic mass is 32.1. The molecule has 7 nitrogen and oxygen atoms in total. The molecule has 0 fully saturated rings. The van der Waals surface area contributed by atoms with Gasteiger partial charge in [0.1, 0.15) is 11.2 Å². The number of ether oxygens (including phenoxy) is 1. The van der Waals surface area contributed by atoms with Crippen molar-refractivity contribution in [2.24, 2.45) is 5.84 Å². The molecule has 1 amide bonds. The number of nitrogen functional groups attached to an aromatic ring is 1. The number of pyridine rings is 1. The molecule has 0 saturated carbocycles. The number of hydrogen-bond acceptors (Lipinski definition) is 6. The van der Waals surface area contributed by atoms with Crippen molar-refractivity contribution in [3.63, 3.8) is 0 Å². The molecule has 0 atom stereocenters. The third-order valence-electron chi connectivity index (χ3n) is 2.07. The van der Waals surface area contributed by atoms with Gasteiger partial charge in [0, 0.05) is 6.20 Å². The van der Waals surface area contributed by atoms with Crippen LogP contribution in [-0.2, 0) is 9.53 Å². The monoisotopic (exact) mass is 270 g/mol. The molecule has 0 radical (unpaired) electrons. The lowest BCUT2D eigenvalue weighted by atomic mass is 10.2. The molecule has 1 aromatic rings. The maximum Gasteiger partial charge on any atom is 0.327 e. The van der Waals surface area contributed by atoms with Crippen LogP contribution < -0.4 is 11.7 Å². The highest BCUT2D eigenvalue weighted by Crippen LogP contribution is 2.04. The molecule has 98 valence electrons. The van der Waals surface area contributed by atoms with Crippen LogP contribution in [0.4, 0.5) is 0 Å². The summed E-state index contributed by atoms with van der Waals surface area (Å²) in [5, 5.41) is 0.739. The number of rotatable bonds is 4. The van der Waals surface area contributed by atoms with Crippen molar-refractivity contribution >= 4 is 24.1 Å². The van der Waals surface area contributed by atoms with Gasteiger partial charge in [0.25, 0.3) is 5.91 Å². The van der Waals surface area contributed by atoms with E-state index in [0.717, 1.165) is 9.69 Å². The van der Waals surface area contributed by atoms with Crippen LogP contribution in [0.1, 0.15) is 17.3 Å². The number of aromatic nitrogens is 1. The molecule has 0 aliphatic rings. The van der Waals surface area contributed by atoms with Crippen molar-refractivity contribution in [2.45, 2.75) is 6.92 Å². The van der Waals surface area contributed by atoms with E-state index >= 15 is 0 Å². The lowest BCUT2D eigenvalue weighted by Gasteiger charge is -2.15. The first-order chi connectivity index (χ1) is 8.47. The van der Waals surface area contributed by atoms with Crippen LogP contribution >= 0.6 is 12.2 Å². The maximum absolute atomic E-state index is 11.9. The first-order valence-corrected chi connectivity index (χ1v) is 5.57. The molecular formula is C10H14N4O3S. The highest BCUT2D eigenvalue weighted by molar-refractivity contribution is 7.71. The Labute approximate surface area is 109 Å². The lowest BCUT2D eigenvalue weighted by molar-refractivity contribution is -0.143. The summed E-state index contributed by atoms with van der Waals surface area (Å²) in [7, 11) is 0. The summed E-state index contributed by atoms with van der Waals surface area (Å²) in [4.78, 5) is 23.1. The zero-order chi connectivity index (χ0) is 13.7. The lowest BCUT2D eigenvalue weighted by Crippen LogP contribution is -2.42. The number of hydrogen-bond donors (Lipinski definition) is 2. The van der Waals surface area contributed by atoms with Gasteiger partial charge in [-0.05, 0) is 19.1 Å². The van der Waals surface area contributed by atoms with Gasteiger partial charge in [-0.25, -0.2) is 5.84 Å². The Morgan fingerprint density at radius 2 is 2.22 bits per heavy atom. The molecule has 0 spiro atoms. The maximum atomic E-state index is 11.9. The smallest absolute Gasteiger partial charge is 0.327 e. The second-order valence-corrected chi connectivity index (χ2v) is 3.76. The minimum Gasteiger partial charge on any atom is -0.465 e. The van der Waals surface area contributed by atoms with E-state index in [1.54, 1.807) is 13.0 Å². The predicted octanol–water partition coefficient (Wildman–Crippen LogP) is -0.190. The molecular weight excluding hydrogens is 256 g/mol. The molecule has 1 aromatic heterocycles. The van der Waals surface area contributed by atoms with Crippen LogP contribution in [0.5, 0.6) is 0 Å². The van der Waals surface area contributed by atoms with Gasteiger partial charge in [0.15, 0.2) is 0 Å². The fourth-order valence-corrected chi connectivity index (χ4v) is 1.46. The number of nitrogens with two attached hydrogens (primary N) is 2. The highest BCUT2D eigenvalue weighted by Gasteiger charge is 2.18. The summed E-state index contributed by atoms with van der Waals surface area (Å²) in [6, 6.07) is 3.04. The standard InChI is InChI=1S/C10H14N4O3S/c1-2-17-8(15)6-14(12)9(16)7-4-3-5-13(11)10(7)18/h3-5H,2,6,11-12H2,1H3. The SMILES string of the molecule is CCOC(=O)CN(N)C(=O)c1cccn(N)c1=S. The van der Waals surface area contributed by atoms with Crippen molar-refractivity contribution in [1.82, 2.24) is 9.69 Å². The zero-order valence-electron chi connectivity index (χ0n) is 9.83. The fraction of sp³-hybridized carbons (Fsp3) is 0.300. The Morgan fingerprint density at radius 3 is 2.83 bits per heavy atom. The zero-order valence-corrected chi connectivity index (χ0v) is 10.6. The van der Waals surface area contributed by atoms with Gasteiger partial charge in [-0.15, -0.1) is 0 Å². The van der Waals surface area contributed by atoms with Crippen LogP contribution in [0.25, 0.3) is 0 Å². The first kappa shape index (κ1) is 14.1. The molecule has 0 aliphatic heterocycles. The van der Waals surface area contributed by atoms with Crippen LogP contribution in [0.2, 0.25) is 0 Å². The third-order valence-corrected chi connectivity index (χ3v) is 2.50. The third kappa shape index (κ3) is 3.28. The number of amides is 1. The Hall–Kier alpha value is -1.93. The molecule has 0 aromatic carbocycles. The van der Waals surface area contributed by atoms with Crippen LogP contribution in [0.3, 0.4) is 0 Å². The van der Waals surface area contributed by atoms with Gasteiger partial charge in [-0.1, -0.05) is 12.2 Å². The Balaban J connectivity index is 2.84. The molecule has 0 bridgehead atoms. The Kier molecular flexibility index (Phi) is 4.81. The average Bonchev–Trinajstić information content (AvgIpc) is 2.32. The molecule has 8 heteroatoms. The van der Waals surface area contributed by atoms with E-state index in [-0.39, 0.29) is 23.4 Å². The summed E-state index contributed by atoms with van der Waals surface area (Å²) in [6.45, 7) is 1.54. The van der Waals surface area contributed by atoms with Gasteiger partial charge in [0.05, 0.1) is 12.2 Å². The number of carbonyl (C=O) groups is 2. The van der Waals surface area contributed by atoms with Crippen molar-refractivity contribution in [3.05, 3.63) is 28.5 Å². The van der Waals surface area contributed by atoms with Crippen LogP contribution in [0.15, 0.2) is 18.3 Å². The van der Waals surface area contributed by atoms with Crippen molar-refractivity contribution in [3.8, 4) is 0 Å². The summed E-state index contributed by atoms with van der Waals surface area (Å²) in [5.41, 5.74) is 0.154. The van der Waals surface area contributed by atoms with Crippen molar-refractivity contribution < 1.29 is 14.3 Å². The number of hydrazine groups is 1. The van der Waals surface area contributed by atoms with E-state index in [2.05, 4.69) is 4.74 Å². The molecule has 0 aliphatic carbocycles. The summed E-state index contributed by atoms with van der Waals surface area (Å²) in [5.74, 6) is 9.83. The van der Waals surface area contributed by atoms with Gasteiger partial charge in [-0.3, -0.25) is 19.3 Å². The van der Waals surface area contributed by atoms with Crippen LogP contribution in [-0.4, -0.2) is 34.7 Å². The predicted molar refractivity (Wildman–Crippen MR) is 67.3 cm³/mol. The summed E-state index contributed by atoms with van der Waals surface area (Å²) in [6.07, 6.45) is 1.51. The molecule has 0 saturated heterocycles. The molecule has 18 heavy (non-hydrogen) atoms. The van der Waals surface area contributed by atoms with Gasteiger partial charge in [0.2, 0.25) is 0 Å². The normalized spacial score (nSPS) is 9.89. The van der Waals surface area contributed by atoms with Gasteiger partial charge < -0.3 is 10.6 Å². The molecule has 1 heterocycles. The van der Waals surface area contributed by atoms with Crippen molar-refractivity contribution in [1.29, 1.82) is 0 Å². The van der Waals surface area contributed by atoms with E-state index in [0.29, 0.717) is 0 Å². The topological polar surface area (TPSA) is 104 Å². The second kappa shape index (κ2) is 6.12. The Morgan fingerprint density at radius 1 is 1.56 bits per heavy atom. The Bertz CT molecular complexity index is 514. The van der Waals surface area contributed by atoms with E-state index in [9.17, 15) is 9.59 Å². The summed E-state index contributed by atoms with van der Waals surface area (Å²) >= 11 is 4.97. The first-order valence-electron chi connectivity index (χ1n) is 5.16. The van der Waals surface area contributed by atoms with Gasteiger partial charge in [-0.2, -0.15) is 0 Å². The average molecular weight is 270 g/mol. The minimum absolute atomic E-state index is 0.141.